The van der Waals surface area contributed by atoms with Gasteiger partial charge < -0.3 is 15.6 Å². The van der Waals surface area contributed by atoms with Gasteiger partial charge in [0.15, 0.2) is 0 Å². The molecule has 1 fully saturated rings. The van der Waals surface area contributed by atoms with Crippen molar-refractivity contribution >= 4 is 5.91 Å². The van der Waals surface area contributed by atoms with Gasteiger partial charge in [0.05, 0.1) is 0 Å². The van der Waals surface area contributed by atoms with Crippen LogP contribution in [0.5, 0.6) is 5.75 Å². The maximum Gasteiger partial charge on any atom is 0.218 e. The summed E-state index contributed by atoms with van der Waals surface area (Å²) in [6.45, 7) is 1.85. The van der Waals surface area contributed by atoms with Crippen molar-refractivity contribution < 1.29 is 19.0 Å². The Balaban J connectivity index is 1.80. The second-order valence-electron chi connectivity index (χ2n) is 5.21. The average molecular weight is 282 g/mol. The molecule has 0 spiro atoms. The number of hydrogen-bond acceptors (Lipinski definition) is 4. The zero-order valence-electron chi connectivity index (χ0n) is 11.2. The number of nitrogens with two attached hydrogens (primary N) is 1. The third kappa shape index (κ3) is 4.18. The molecule has 1 amide bonds. The van der Waals surface area contributed by atoms with Crippen LogP contribution in [0.4, 0.5) is 4.39 Å². The number of primary amides is 1. The summed E-state index contributed by atoms with van der Waals surface area (Å²) in [4.78, 5) is 12.7. The summed E-state index contributed by atoms with van der Waals surface area (Å²) in [7, 11) is 0. The lowest BCUT2D eigenvalue weighted by Crippen LogP contribution is -2.39. The molecule has 1 aromatic rings. The predicted octanol–water partition coefficient (Wildman–Crippen LogP) is 0.517. The molecule has 1 unspecified atom stereocenters. The van der Waals surface area contributed by atoms with Crippen molar-refractivity contribution in [3.63, 3.8) is 0 Å². The molecule has 1 aromatic carbocycles. The van der Waals surface area contributed by atoms with Crippen LogP contribution in [0, 0.1) is 5.82 Å². The number of carbonyl (C=O) groups is 1. The number of ether oxygens (including phenoxy) is 1. The van der Waals surface area contributed by atoms with E-state index < -0.39 is 5.60 Å². The Bertz CT molecular complexity index is 466. The Labute approximate surface area is 117 Å². The van der Waals surface area contributed by atoms with E-state index in [0.29, 0.717) is 31.8 Å². The summed E-state index contributed by atoms with van der Waals surface area (Å²) in [6, 6.07) is 5.68. The number of rotatable bonds is 6. The van der Waals surface area contributed by atoms with Gasteiger partial charge in [-0.25, -0.2) is 4.39 Å². The number of hydrogen-bond donors (Lipinski definition) is 2. The molecule has 1 atom stereocenters. The van der Waals surface area contributed by atoms with Crippen molar-refractivity contribution in [3.05, 3.63) is 30.1 Å². The molecule has 20 heavy (non-hydrogen) atoms. The number of β-amino-alcohol motifs (C(OH)–C–C–N with tert-alkyl or cyclic N) is 1. The molecule has 0 radical (unpaired) electrons. The summed E-state index contributed by atoms with van der Waals surface area (Å²) in [5, 5.41) is 10.4. The van der Waals surface area contributed by atoms with Crippen LogP contribution < -0.4 is 10.5 Å². The van der Waals surface area contributed by atoms with Gasteiger partial charge in [0.1, 0.15) is 23.8 Å². The molecule has 5 nitrogen and oxygen atoms in total. The Morgan fingerprint density at radius 2 is 2.15 bits per heavy atom. The number of nitrogens with zero attached hydrogens (tertiary/aromatic N) is 1. The third-order valence-corrected chi connectivity index (χ3v) is 3.41. The van der Waals surface area contributed by atoms with Crippen LogP contribution in [0.15, 0.2) is 24.3 Å². The van der Waals surface area contributed by atoms with Gasteiger partial charge in [-0.15, -0.1) is 0 Å². The second kappa shape index (κ2) is 6.19. The van der Waals surface area contributed by atoms with Crippen molar-refractivity contribution in [2.45, 2.75) is 18.4 Å². The first-order chi connectivity index (χ1) is 9.47. The minimum atomic E-state index is -0.938. The van der Waals surface area contributed by atoms with E-state index in [2.05, 4.69) is 0 Å². The highest BCUT2D eigenvalue weighted by Gasteiger charge is 2.36. The van der Waals surface area contributed by atoms with Gasteiger partial charge in [0.2, 0.25) is 5.91 Å². The highest BCUT2D eigenvalue weighted by atomic mass is 19.1. The molecule has 6 heteroatoms. The third-order valence-electron chi connectivity index (χ3n) is 3.41. The average Bonchev–Trinajstić information content (AvgIpc) is 2.78. The van der Waals surface area contributed by atoms with Crippen molar-refractivity contribution in [2.24, 2.45) is 5.73 Å². The zero-order chi connectivity index (χ0) is 14.6. The van der Waals surface area contributed by atoms with Gasteiger partial charge in [0.25, 0.3) is 0 Å². The maximum atomic E-state index is 12.8. The largest absolute Gasteiger partial charge is 0.491 e. The smallest absolute Gasteiger partial charge is 0.218 e. The molecular weight excluding hydrogens is 263 g/mol. The highest BCUT2D eigenvalue weighted by Crippen LogP contribution is 2.23. The summed E-state index contributed by atoms with van der Waals surface area (Å²) in [6.07, 6.45) is 0.863. The Morgan fingerprint density at radius 3 is 2.80 bits per heavy atom. The quantitative estimate of drug-likeness (QED) is 0.797. The van der Waals surface area contributed by atoms with Gasteiger partial charge >= 0.3 is 0 Å². The van der Waals surface area contributed by atoms with Gasteiger partial charge in [-0.3, -0.25) is 9.69 Å². The van der Waals surface area contributed by atoms with Crippen LogP contribution in [0.2, 0.25) is 0 Å². The van der Waals surface area contributed by atoms with Crippen LogP contribution in [-0.4, -0.2) is 47.8 Å². The molecule has 0 aliphatic carbocycles. The fourth-order valence-electron chi connectivity index (χ4n) is 2.27. The minimum absolute atomic E-state index is 0.145. The van der Waals surface area contributed by atoms with E-state index in [4.69, 9.17) is 10.5 Å². The molecule has 3 N–H and O–H groups in total. The molecule has 1 aliphatic rings. The van der Waals surface area contributed by atoms with E-state index >= 15 is 0 Å². The van der Waals surface area contributed by atoms with Crippen molar-refractivity contribution in [1.29, 1.82) is 0 Å². The topological polar surface area (TPSA) is 75.8 Å². The SMILES string of the molecule is NC(=O)CCN1CCC(O)(COc2ccc(F)cc2)C1. The van der Waals surface area contributed by atoms with E-state index in [0.717, 1.165) is 0 Å². The van der Waals surface area contributed by atoms with E-state index in [1.54, 1.807) is 0 Å². The molecule has 1 aliphatic heterocycles. The maximum absolute atomic E-state index is 12.8. The molecule has 0 saturated carbocycles. The van der Waals surface area contributed by atoms with Crippen molar-refractivity contribution in [3.8, 4) is 5.75 Å². The van der Waals surface area contributed by atoms with Gasteiger partial charge in [-0.05, 0) is 30.7 Å². The van der Waals surface area contributed by atoms with Gasteiger partial charge in [-0.2, -0.15) is 0 Å². The summed E-state index contributed by atoms with van der Waals surface area (Å²) >= 11 is 0. The van der Waals surface area contributed by atoms with Gasteiger partial charge in [0, 0.05) is 26.1 Å². The predicted molar refractivity (Wildman–Crippen MR) is 71.7 cm³/mol. The number of likely N-dealkylation sites (tertiary alicyclic amines) is 1. The van der Waals surface area contributed by atoms with E-state index in [-0.39, 0.29) is 24.8 Å². The van der Waals surface area contributed by atoms with Crippen molar-refractivity contribution in [1.82, 2.24) is 4.90 Å². The molecular formula is C14H19FN2O3. The number of amides is 1. The Kier molecular flexibility index (Phi) is 4.57. The normalized spacial score (nSPS) is 22.9. The van der Waals surface area contributed by atoms with Crippen molar-refractivity contribution in [2.75, 3.05) is 26.2 Å². The molecule has 1 heterocycles. The van der Waals surface area contributed by atoms with E-state index in [1.807, 2.05) is 4.90 Å². The van der Waals surface area contributed by atoms with Crippen LogP contribution in [-0.2, 0) is 4.79 Å². The molecule has 0 aromatic heterocycles. The lowest BCUT2D eigenvalue weighted by molar-refractivity contribution is -0.118. The first-order valence-corrected chi connectivity index (χ1v) is 6.58. The molecule has 0 bridgehead atoms. The first-order valence-electron chi connectivity index (χ1n) is 6.58. The Morgan fingerprint density at radius 1 is 1.45 bits per heavy atom. The number of carbonyl (C=O) groups excluding carboxylic acids is 1. The summed E-state index contributed by atoms with van der Waals surface area (Å²) < 4.78 is 18.2. The van der Waals surface area contributed by atoms with Crippen LogP contribution in [0.3, 0.4) is 0 Å². The standard InChI is InChI=1S/C14H19FN2O3/c15-11-1-3-12(4-2-11)20-10-14(19)6-8-17(9-14)7-5-13(16)18/h1-4,19H,5-10H2,(H2,16,18). The lowest BCUT2D eigenvalue weighted by Gasteiger charge is -2.23. The van der Waals surface area contributed by atoms with Crippen LogP contribution in [0.25, 0.3) is 0 Å². The number of halogens is 1. The molecule has 110 valence electrons. The van der Waals surface area contributed by atoms with E-state index in [1.165, 1.54) is 24.3 Å². The van der Waals surface area contributed by atoms with Gasteiger partial charge in [-0.1, -0.05) is 0 Å². The fourth-order valence-corrected chi connectivity index (χ4v) is 2.27. The van der Waals surface area contributed by atoms with E-state index in [9.17, 15) is 14.3 Å². The number of aliphatic hydroxyl groups is 1. The lowest BCUT2D eigenvalue weighted by atomic mass is 10.1. The minimum Gasteiger partial charge on any atom is -0.491 e. The van der Waals surface area contributed by atoms with Crippen LogP contribution >= 0.6 is 0 Å². The molecule has 1 saturated heterocycles. The first kappa shape index (κ1) is 14.7. The monoisotopic (exact) mass is 282 g/mol. The highest BCUT2D eigenvalue weighted by molar-refractivity contribution is 5.73. The summed E-state index contributed by atoms with van der Waals surface area (Å²) in [5.74, 6) is -0.145. The Hall–Kier alpha value is -1.66. The number of benzene rings is 1. The summed E-state index contributed by atoms with van der Waals surface area (Å²) in [5.41, 5.74) is 4.16. The molecule has 2 rings (SSSR count). The zero-order valence-corrected chi connectivity index (χ0v) is 11.2. The fraction of sp³-hybridized carbons (Fsp3) is 0.500. The second-order valence-corrected chi connectivity index (χ2v) is 5.21. The van der Waals surface area contributed by atoms with Crippen LogP contribution in [0.1, 0.15) is 12.8 Å².